The van der Waals surface area contributed by atoms with Gasteiger partial charge in [-0.1, -0.05) is 6.42 Å². The molecule has 0 bridgehead atoms. The Morgan fingerprint density at radius 2 is 2.00 bits per heavy atom. The third-order valence-corrected chi connectivity index (χ3v) is 4.45. The Morgan fingerprint density at radius 3 is 2.82 bits per heavy atom. The van der Waals surface area contributed by atoms with Gasteiger partial charge in [0.05, 0.1) is 13.2 Å². The molecule has 0 spiro atoms. The molecule has 1 N–H and O–H groups in total. The highest BCUT2D eigenvalue weighted by molar-refractivity contribution is 5.77. The highest BCUT2D eigenvalue weighted by Gasteiger charge is 2.43. The summed E-state index contributed by atoms with van der Waals surface area (Å²) >= 11 is 0. The summed E-state index contributed by atoms with van der Waals surface area (Å²) in [7, 11) is 0. The number of esters is 1. The summed E-state index contributed by atoms with van der Waals surface area (Å²) in [6, 6.07) is -0.0367. The van der Waals surface area contributed by atoms with Gasteiger partial charge in [0.2, 0.25) is 0 Å². The first-order valence-electron chi connectivity index (χ1n) is 6.86. The number of fused-ring (bicyclic) bond motifs is 1. The van der Waals surface area contributed by atoms with Crippen molar-refractivity contribution in [2.75, 3.05) is 19.8 Å². The molecule has 4 heteroatoms. The van der Waals surface area contributed by atoms with E-state index in [2.05, 4.69) is 5.32 Å². The first kappa shape index (κ1) is 11.5. The molecule has 0 radical (unpaired) electrons. The lowest BCUT2D eigenvalue weighted by molar-refractivity contribution is -0.156. The van der Waals surface area contributed by atoms with E-state index in [0.29, 0.717) is 11.8 Å². The Labute approximate surface area is 102 Å². The van der Waals surface area contributed by atoms with Crippen molar-refractivity contribution in [3.8, 4) is 0 Å². The first-order valence-corrected chi connectivity index (χ1v) is 6.86. The second kappa shape index (κ2) is 4.94. The molecule has 0 aromatic rings. The number of carbonyl (C=O) groups is 1. The van der Waals surface area contributed by atoms with Crippen LogP contribution in [0.5, 0.6) is 0 Å². The predicted octanol–water partition coefficient (Wildman–Crippen LogP) is 1.10. The molecule has 0 aromatic carbocycles. The molecule has 3 atom stereocenters. The Kier molecular flexibility index (Phi) is 3.34. The van der Waals surface area contributed by atoms with E-state index in [1.54, 1.807) is 0 Å². The summed E-state index contributed by atoms with van der Waals surface area (Å²) in [6.45, 7) is 2.45. The van der Waals surface area contributed by atoms with Gasteiger partial charge in [0.15, 0.2) is 0 Å². The zero-order valence-electron chi connectivity index (χ0n) is 10.2. The molecule has 2 saturated heterocycles. The molecule has 4 nitrogen and oxygen atoms in total. The van der Waals surface area contributed by atoms with Crippen LogP contribution in [0, 0.1) is 11.8 Å². The quantitative estimate of drug-likeness (QED) is 0.733. The molecule has 2 heterocycles. The van der Waals surface area contributed by atoms with Crippen molar-refractivity contribution in [2.24, 2.45) is 11.8 Å². The van der Waals surface area contributed by atoms with Crippen molar-refractivity contribution in [3.63, 3.8) is 0 Å². The largest absolute Gasteiger partial charge is 0.461 e. The minimum Gasteiger partial charge on any atom is -0.461 e. The van der Waals surface area contributed by atoms with Gasteiger partial charge in [-0.3, -0.25) is 4.79 Å². The van der Waals surface area contributed by atoms with Gasteiger partial charge in [0, 0.05) is 12.8 Å². The maximum atomic E-state index is 12.1. The number of rotatable bonds is 2. The third kappa shape index (κ3) is 2.33. The number of hydrogen-bond acceptors (Lipinski definition) is 4. The van der Waals surface area contributed by atoms with Crippen molar-refractivity contribution in [1.82, 2.24) is 5.32 Å². The summed E-state index contributed by atoms with van der Waals surface area (Å²) in [6.07, 6.45) is 5.53. The molecule has 3 aliphatic rings. The Balaban J connectivity index is 1.55. The SMILES string of the molecule is O=C(OC1CCOCC1)C1NCC2CCCC21. The second-order valence-corrected chi connectivity index (χ2v) is 5.49. The van der Waals surface area contributed by atoms with Crippen molar-refractivity contribution < 1.29 is 14.3 Å². The normalized spacial score (nSPS) is 38.0. The summed E-state index contributed by atoms with van der Waals surface area (Å²) in [4.78, 5) is 12.1. The highest BCUT2D eigenvalue weighted by atomic mass is 16.6. The van der Waals surface area contributed by atoms with Crippen molar-refractivity contribution >= 4 is 5.97 Å². The van der Waals surface area contributed by atoms with E-state index in [9.17, 15) is 4.79 Å². The maximum Gasteiger partial charge on any atom is 0.323 e. The van der Waals surface area contributed by atoms with Gasteiger partial charge in [0.1, 0.15) is 12.1 Å². The van der Waals surface area contributed by atoms with Crippen LogP contribution in [0.1, 0.15) is 32.1 Å². The molecule has 0 amide bonds. The van der Waals surface area contributed by atoms with Gasteiger partial charge in [-0.15, -0.1) is 0 Å². The number of hydrogen-bond donors (Lipinski definition) is 1. The monoisotopic (exact) mass is 239 g/mol. The highest BCUT2D eigenvalue weighted by Crippen LogP contribution is 2.38. The molecule has 96 valence electrons. The fraction of sp³-hybridized carbons (Fsp3) is 0.923. The average molecular weight is 239 g/mol. The van der Waals surface area contributed by atoms with Gasteiger partial charge in [-0.05, 0) is 31.2 Å². The van der Waals surface area contributed by atoms with Crippen LogP contribution in [-0.2, 0) is 14.3 Å². The summed E-state index contributed by atoms with van der Waals surface area (Å²) in [5, 5.41) is 3.34. The van der Waals surface area contributed by atoms with Crippen LogP contribution in [0.15, 0.2) is 0 Å². The summed E-state index contributed by atoms with van der Waals surface area (Å²) in [5.41, 5.74) is 0. The third-order valence-electron chi connectivity index (χ3n) is 4.45. The molecule has 1 saturated carbocycles. The lowest BCUT2D eigenvalue weighted by Gasteiger charge is -2.25. The topological polar surface area (TPSA) is 47.6 Å². The van der Waals surface area contributed by atoms with Crippen molar-refractivity contribution in [1.29, 1.82) is 0 Å². The lowest BCUT2D eigenvalue weighted by atomic mass is 9.94. The minimum absolute atomic E-state index is 0.0219. The van der Waals surface area contributed by atoms with Crippen LogP contribution in [-0.4, -0.2) is 37.9 Å². The van der Waals surface area contributed by atoms with Crippen LogP contribution in [0.2, 0.25) is 0 Å². The van der Waals surface area contributed by atoms with Gasteiger partial charge in [-0.2, -0.15) is 0 Å². The van der Waals surface area contributed by atoms with Crippen molar-refractivity contribution in [2.45, 2.75) is 44.2 Å². The van der Waals surface area contributed by atoms with E-state index in [4.69, 9.17) is 9.47 Å². The van der Waals surface area contributed by atoms with Gasteiger partial charge >= 0.3 is 5.97 Å². The van der Waals surface area contributed by atoms with Crippen LogP contribution in [0.25, 0.3) is 0 Å². The van der Waals surface area contributed by atoms with Crippen LogP contribution in [0.3, 0.4) is 0 Å². The molecule has 2 aliphatic heterocycles. The second-order valence-electron chi connectivity index (χ2n) is 5.49. The van der Waals surface area contributed by atoms with E-state index in [1.165, 1.54) is 19.3 Å². The molecular weight excluding hydrogens is 218 g/mol. The Morgan fingerprint density at radius 1 is 1.18 bits per heavy atom. The molecule has 1 aliphatic carbocycles. The first-order chi connectivity index (χ1) is 8.34. The molecule has 17 heavy (non-hydrogen) atoms. The lowest BCUT2D eigenvalue weighted by Crippen LogP contribution is -2.40. The van der Waals surface area contributed by atoms with E-state index < -0.39 is 0 Å². The van der Waals surface area contributed by atoms with E-state index in [0.717, 1.165) is 32.6 Å². The molecule has 3 rings (SSSR count). The Bertz CT molecular complexity index is 288. The average Bonchev–Trinajstić information content (AvgIpc) is 2.91. The fourth-order valence-corrected chi connectivity index (χ4v) is 3.48. The van der Waals surface area contributed by atoms with E-state index in [-0.39, 0.29) is 18.1 Å². The molecular formula is C13H21NO3. The molecule has 0 aromatic heterocycles. The van der Waals surface area contributed by atoms with E-state index >= 15 is 0 Å². The van der Waals surface area contributed by atoms with Gasteiger partial charge in [0.25, 0.3) is 0 Å². The number of nitrogens with one attached hydrogen (secondary N) is 1. The standard InChI is InChI=1S/C13H21NO3/c15-13(17-10-4-6-16-7-5-10)12-11-3-1-2-9(11)8-14-12/h9-12,14H,1-8H2. The summed E-state index contributed by atoms with van der Waals surface area (Å²) < 4.78 is 10.9. The van der Waals surface area contributed by atoms with E-state index in [1.807, 2.05) is 0 Å². The van der Waals surface area contributed by atoms with Crippen LogP contribution in [0.4, 0.5) is 0 Å². The zero-order valence-corrected chi connectivity index (χ0v) is 10.2. The maximum absolute atomic E-state index is 12.1. The molecule has 3 unspecified atom stereocenters. The van der Waals surface area contributed by atoms with Crippen molar-refractivity contribution in [3.05, 3.63) is 0 Å². The Hall–Kier alpha value is -0.610. The smallest absolute Gasteiger partial charge is 0.323 e. The summed E-state index contributed by atoms with van der Waals surface area (Å²) in [5.74, 6) is 1.22. The number of ether oxygens (including phenoxy) is 2. The fourth-order valence-electron chi connectivity index (χ4n) is 3.48. The molecule has 3 fully saturated rings. The number of carbonyl (C=O) groups excluding carboxylic acids is 1. The predicted molar refractivity (Wildman–Crippen MR) is 62.6 cm³/mol. The van der Waals surface area contributed by atoms with Crippen LogP contribution < -0.4 is 5.32 Å². The zero-order chi connectivity index (χ0) is 11.7. The van der Waals surface area contributed by atoms with Crippen LogP contribution >= 0.6 is 0 Å². The van der Waals surface area contributed by atoms with Gasteiger partial charge < -0.3 is 14.8 Å². The van der Waals surface area contributed by atoms with Gasteiger partial charge in [-0.25, -0.2) is 0 Å². The minimum atomic E-state index is -0.0367.